The summed E-state index contributed by atoms with van der Waals surface area (Å²) in [5.74, 6) is 0.584. The molecule has 0 aromatic carbocycles. The van der Waals surface area contributed by atoms with Crippen molar-refractivity contribution < 1.29 is 4.79 Å². The van der Waals surface area contributed by atoms with Gasteiger partial charge in [0.15, 0.2) is 0 Å². The minimum Gasteiger partial charge on any atom is -0.356 e. The Hall–Kier alpha value is -0.530. The van der Waals surface area contributed by atoms with Gasteiger partial charge in [-0.25, -0.2) is 0 Å². The van der Waals surface area contributed by atoms with Gasteiger partial charge in [-0.15, -0.1) is 0 Å². The number of carbonyl (C=O) groups is 1. The lowest BCUT2D eigenvalue weighted by Crippen LogP contribution is -2.30. The monoisotopic (exact) mass is 211 g/mol. The Morgan fingerprint density at radius 1 is 1.00 bits per heavy atom. The molecule has 0 bridgehead atoms. The van der Waals surface area contributed by atoms with Gasteiger partial charge in [-0.05, 0) is 19.8 Å². The van der Waals surface area contributed by atoms with Crippen molar-refractivity contribution in [3.05, 3.63) is 0 Å². The predicted molar refractivity (Wildman–Crippen MR) is 63.7 cm³/mol. The van der Waals surface area contributed by atoms with Crippen LogP contribution in [0.4, 0.5) is 0 Å². The molecule has 0 atom stereocenters. The van der Waals surface area contributed by atoms with E-state index in [0.717, 1.165) is 19.4 Å². The largest absolute Gasteiger partial charge is 0.356 e. The van der Waals surface area contributed by atoms with Crippen LogP contribution in [0, 0.1) is 5.92 Å². The van der Waals surface area contributed by atoms with E-state index in [1.807, 2.05) is 6.92 Å². The molecule has 0 radical (unpaired) electrons. The Kier molecular flexibility index (Phi) is 6.45. The van der Waals surface area contributed by atoms with Crippen molar-refractivity contribution in [2.24, 2.45) is 5.92 Å². The molecule has 0 heterocycles. The molecule has 1 rings (SSSR count). The van der Waals surface area contributed by atoms with E-state index < -0.39 is 0 Å². The number of hydrogen-bond donors (Lipinski definition) is 1. The highest BCUT2D eigenvalue weighted by Crippen LogP contribution is 2.21. The van der Waals surface area contributed by atoms with E-state index in [9.17, 15) is 4.79 Å². The first-order valence-corrected chi connectivity index (χ1v) is 6.62. The molecule has 88 valence electrons. The fourth-order valence-corrected chi connectivity index (χ4v) is 2.39. The second-order valence-corrected chi connectivity index (χ2v) is 4.64. The summed E-state index contributed by atoms with van der Waals surface area (Å²) in [6.07, 6.45) is 11.4. The van der Waals surface area contributed by atoms with Crippen molar-refractivity contribution in [3.8, 4) is 0 Å². The Bertz CT molecular complexity index is 169. The lowest BCUT2D eigenvalue weighted by atomic mass is 9.91. The summed E-state index contributed by atoms with van der Waals surface area (Å²) >= 11 is 0. The first kappa shape index (κ1) is 12.5. The van der Waals surface area contributed by atoms with Gasteiger partial charge in [0.1, 0.15) is 0 Å². The highest BCUT2D eigenvalue weighted by atomic mass is 16.1. The molecule has 15 heavy (non-hydrogen) atoms. The minimum atomic E-state index is 0.290. The molecule has 1 amide bonds. The van der Waals surface area contributed by atoms with E-state index in [4.69, 9.17) is 0 Å². The highest BCUT2D eigenvalue weighted by molar-refractivity contribution is 5.78. The van der Waals surface area contributed by atoms with E-state index in [0.29, 0.717) is 5.92 Å². The van der Waals surface area contributed by atoms with Gasteiger partial charge < -0.3 is 5.32 Å². The molecule has 0 aliphatic heterocycles. The summed E-state index contributed by atoms with van der Waals surface area (Å²) in [7, 11) is 0. The molecule has 0 saturated heterocycles. The fraction of sp³-hybridized carbons (Fsp3) is 0.923. The van der Waals surface area contributed by atoms with E-state index in [-0.39, 0.29) is 5.91 Å². The fourth-order valence-electron chi connectivity index (χ4n) is 2.39. The first-order chi connectivity index (χ1) is 7.34. The molecule has 1 aliphatic carbocycles. The molecule has 1 aliphatic rings. The molecular weight excluding hydrogens is 186 g/mol. The van der Waals surface area contributed by atoms with Gasteiger partial charge in [0.25, 0.3) is 0 Å². The topological polar surface area (TPSA) is 29.1 Å². The van der Waals surface area contributed by atoms with Crippen LogP contribution in [0.1, 0.15) is 64.7 Å². The summed E-state index contributed by atoms with van der Waals surface area (Å²) in [5, 5.41) is 2.96. The zero-order chi connectivity index (χ0) is 10.9. The van der Waals surface area contributed by atoms with Gasteiger partial charge in [-0.2, -0.15) is 0 Å². The zero-order valence-electron chi connectivity index (χ0n) is 10.1. The average Bonchev–Trinajstić information content (AvgIpc) is 2.26. The quantitative estimate of drug-likeness (QED) is 0.746. The van der Waals surface area contributed by atoms with Crippen molar-refractivity contribution >= 4 is 5.91 Å². The van der Waals surface area contributed by atoms with Crippen LogP contribution in [0.2, 0.25) is 0 Å². The molecular formula is C13H25NO. The number of hydrogen-bond acceptors (Lipinski definition) is 1. The van der Waals surface area contributed by atoms with Crippen molar-refractivity contribution in [1.82, 2.24) is 5.32 Å². The zero-order valence-corrected chi connectivity index (χ0v) is 10.1. The Labute approximate surface area is 93.8 Å². The molecule has 1 fully saturated rings. The maximum Gasteiger partial charge on any atom is 0.223 e. The van der Waals surface area contributed by atoms with E-state index in [2.05, 4.69) is 5.32 Å². The normalized spacial score (nSPS) is 20.9. The summed E-state index contributed by atoms with van der Waals surface area (Å²) in [6.45, 7) is 2.77. The first-order valence-electron chi connectivity index (χ1n) is 6.62. The minimum absolute atomic E-state index is 0.290. The number of rotatable bonds is 2. The Balaban J connectivity index is 2.34. The lowest BCUT2D eigenvalue weighted by Gasteiger charge is -2.17. The molecule has 0 aromatic heterocycles. The third kappa shape index (κ3) is 5.19. The SMILES string of the molecule is CCNC(=O)C1CCCCCCCCC1. The van der Waals surface area contributed by atoms with Crippen molar-refractivity contribution in [1.29, 1.82) is 0 Å². The third-order valence-corrected chi connectivity index (χ3v) is 3.33. The van der Waals surface area contributed by atoms with Gasteiger partial charge in [-0.3, -0.25) is 4.79 Å². The molecule has 1 saturated carbocycles. The van der Waals surface area contributed by atoms with Crippen LogP contribution in [0.25, 0.3) is 0 Å². The predicted octanol–water partition coefficient (Wildman–Crippen LogP) is 3.26. The van der Waals surface area contributed by atoms with E-state index >= 15 is 0 Å². The Morgan fingerprint density at radius 3 is 1.93 bits per heavy atom. The Morgan fingerprint density at radius 2 is 1.47 bits per heavy atom. The van der Waals surface area contributed by atoms with Crippen molar-refractivity contribution in [2.75, 3.05) is 6.54 Å². The summed E-state index contributed by atoms with van der Waals surface area (Å²) in [4.78, 5) is 11.8. The maximum absolute atomic E-state index is 11.8. The van der Waals surface area contributed by atoms with Gasteiger partial charge in [0, 0.05) is 12.5 Å². The number of carbonyl (C=O) groups excluding carboxylic acids is 1. The molecule has 0 aromatic rings. The van der Waals surface area contributed by atoms with Gasteiger partial charge in [0.2, 0.25) is 5.91 Å². The molecule has 2 nitrogen and oxygen atoms in total. The van der Waals surface area contributed by atoms with Gasteiger partial charge in [0.05, 0.1) is 0 Å². The second-order valence-electron chi connectivity index (χ2n) is 4.64. The summed E-state index contributed by atoms with van der Waals surface area (Å²) in [5.41, 5.74) is 0. The summed E-state index contributed by atoms with van der Waals surface area (Å²) in [6, 6.07) is 0. The van der Waals surface area contributed by atoms with Crippen molar-refractivity contribution in [3.63, 3.8) is 0 Å². The average molecular weight is 211 g/mol. The van der Waals surface area contributed by atoms with Crippen LogP contribution in [-0.2, 0) is 4.79 Å². The van der Waals surface area contributed by atoms with Crippen LogP contribution >= 0.6 is 0 Å². The number of amides is 1. The molecule has 0 unspecified atom stereocenters. The van der Waals surface area contributed by atoms with Crippen LogP contribution < -0.4 is 5.32 Å². The van der Waals surface area contributed by atoms with Crippen molar-refractivity contribution in [2.45, 2.75) is 64.7 Å². The smallest absolute Gasteiger partial charge is 0.223 e. The van der Waals surface area contributed by atoms with Crippen LogP contribution in [0.5, 0.6) is 0 Å². The van der Waals surface area contributed by atoms with Crippen LogP contribution in [0.15, 0.2) is 0 Å². The summed E-state index contributed by atoms with van der Waals surface area (Å²) < 4.78 is 0. The molecule has 1 N–H and O–H groups in total. The molecule has 2 heteroatoms. The van der Waals surface area contributed by atoms with E-state index in [1.54, 1.807) is 0 Å². The highest BCUT2D eigenvalue weighted by Gasteiger charge is 2.17. The van der Waals surface area contributed by atoms with Gasteiger partial charge in [-0.1, -0.05) is 44.9 Å². The lowest BCUT2D eigenvalue weighted by molar-refractivity contribution is -0.125. The maximum atomic E-state index is 11.8. The third-order valence-electron chi connectivity index (χ3n) is 3.33. The standard InChI is InChI=1S/C13H25NO/c1-2-14-13(15)12-10-8-6-4-3-5-7-9-11-12/h12H,2-11H2,1H3,(H,14,15). The molecule has 0 spiro atoms. The second kappa shape index (κ2) is 7.72. The van der Waals surface area contributed by atoms with Gasteiger partial charge >= 0.3 is 0 Å². The number of nitrogens with one attached hydrogen (secondary N) is 1. The van der Waals surface area contributed by atoms with Crippen LogP contribution in [-0.4, -0.2) is 12.5 Å². The van der Waals surface area contributed by atoms with Crippen LogP contribution in [0.3, 0.4) is 0 Å². The van der Waals surface area contributed by atoms with E-state index in [1.165, 1.54) is 44.9 Å².